The molecule has 1 amide bonds. The first kappa shape index (κ1) is 38.8. The van der Waals surface area contributed by atoms with Crippen LogP contribution in [0.4, 0.5) is 4.39 Å². The summed E-state index contributed by atoms with van der Waals surface area (Å²) in [5.41, 5.74) is 4.88. The third-order valence-electron chi connectivity index (χ3n) is 8.56. The third-order valence-corrected chi connectivity index (χ3v) is 9.26. The van der Waals surface area contributed by atoms with E-state index < -0.39 is 0 Å². The molecule has 1 saturated heterocycles. The number of amides is 1. The fourth-order valence-corrected chi connectivity index (χ4v) is 6.01. The quantitative estimate of drug-likeness (QED) is 0.111. The van der Waals surface area contributed by atoms with Crippen LogP contribution in [0.15, 0.2) is 109 Å². The van der Waals surface area contributed by atoms with Crippen LogP contribution in [0.3, 0.4) is 0 Å². The Hall–Kier alpha value is -4.41. The highest BCUT2D eigenvalue weighted by molar-refractivity contribution is 8.93. The van der Waals surface area contributed by atoms with Crippen LogP contribution in [0.2, 0.25) is 10.0 Å². The molecule has 1 aromatic heterocycles. The molecule has 2 heterocycles. The number of rotatable bonds is 13. The second-order valence-corrected chi connectivity index (χ2v) is 13.1. The Morgan fingerprint density at radius 1 is 0.846 bits per heavy atom. The molecule has 0 N–H and O–H groups in total. The number of aromatic nitrogens is 1. The SMILES string of the molecule is Br.Cc1cc(/C=C/C(=O)N2CCN(Cc3ccc(CCOc4ccc(F)cc4)cc3)CC2)c(Cl)cc1Oc1ccc(OCc2ccccc2Cl)cn1. The zero-order valence-corrected chi connectivity index (χ0v) is 31.9. The average Bonchev–Trinajstić information content (AvgIpc) is 3.14. The van der Waals surface area contributed by atoms with E-state index in [1.165, 1.54) is 23.3 Å². The molecule has 0 bridgehead atoms. The number of carbonyl (C=O) groups is 1. The van der Waals surface area contributed by atoms with E-state index in [4.69, 9.17) is 37.4 Å². The van der Waals surface area contributed by atoms with Gasteiger partial charge in [-0.1, -0.05) is 65.7 Å². The lowest BCUT2D eigenvalue weighted by molar-refractivity contribution is -0.127. The van der Waals surface area contributed by atoms with Gasteiger partial charge in [-0.15, -0.1) is 17.0 Å². The molecule has 1 aliphatic heterocycles. The molecule has 6 rings (SSSR count). The number of halogens is 4. The highest BCUT2D eigenvalue weighted by Gasteiger charge is 2.20. The maximum atomic E-state index is 13.1. The van der Waals surface area contributed by atoms with Gasteiger partial charge in [0.1, 0.15) is 29.7 Å². The van der Waals surface area contributed by atoms with E-state index in [2.05, 4.69) is 34.1 Å². The maximum Gasteiger partial charge on any atom is 0.246 e. The van der Waals surface area contributed by atoms with Gasteiger partial charge in [-0.25, -0.2) is 9.37 Å². The number of piperazine rings is 1. The summed E-state index contributed by atoms with van der Waals surface area (Å²) < 4.78 is 30.6. The van der Waals surface area contributed by atoms with E-state index in [1.807, 2.05) is 42.2 Å². The molecule has 5 aromatic rings. The van der Waals surface area contributed by atoms with E-state index in [9.17, 15) is 9.18 Å². The first-order chi connectivity index (χ1) is 24.8. The lowest BCUT2D eigenvalue weighted by Gasteiger charge is -2.34. The molecule has 1 fully saturated rings. The molecule has 52 heavy (non-hydrogen) atoms. The van der Waals surface area contributed by atoms with E-state index in [0.29, 0.717) is 59.5 Å². The molecular weight excluding hydrogens is 768 g/mol. The maximum absolute atomic E-state index is 13.1. The van der Waals surface area contributed by atoms with E-state index in [-0.39, 0.29) is 28.7 Å². The van der Waals surface area contributed by atoms with E-state index >= 15 is 0 Å². The summed E-state index contributed by atoms with van der Waals surface area (Å²) >= 11 is 12.8. The van der Waals surface area contributed by atoms with Crippen LogP contribution in [-0.2, 0) is 24.4 Å². The number of hydrogen-bond donors (Lipinski definition) is 0. The Kier molecular flexibility index (Phi) is 14.1. The molecule has 0 atom stereocenters. The van der Waals surface area contributed by atoms with Crippen molar-refractivity contribution in [2.45, 2.75) is 26.5 Å². The number of carbonyl (C=O) groups excluding carboxylic acids is 1. The first-order valence-electron chi connectivity index (χ1n) is 16.7. The van der Waals surface area contributed by atoms with Crippen LogP contribution >= 0.6 is 40.2 Å². The molecular formula is C41H39BrCl2FN3O4. The third kappa shape index (κ3) is 11.0. The van der Waals surface area contributed by atoms with Crippen LogP contribution in [0.5, 0.6) is 23.1 Å². The number of nitrogens with zero attached hydrogens (tertiary/aromatic N) is 3. The predicted molar refractivity (Wildman–Crippen MR) is 210 cm³/mol. The van der Waals surface area contributed by atoms with Gasteiger partial charge in [0, 0.05) is 67.9 Å². The molecule has 11 heteroatoms. The molecule has 270 valence electrons. The summed E-state index contributed by atoms with van der Waals surface area (Å²) in [4.78, 5) is 21.6. The number of hydrogen-bond acceptors (Lipinski definition) is 6. The zero-order valence-electron chi connectivity index (χ0n) is 28.6. The van der Waals surface area contributed by atoms with Gasteiger partial charge < -0.3 is 19.1 Å². The van der Waals surface area contributed by atoms with Gasteiger partial charge in [0.15, 0.2) is 0 Å². The monoisotopic (exact) mass is 805 g/mol. The second-order valence-electron chi connectivity index (χ2n) is 12.3. The van der Waals surface area contributed by atoms with Crippen LogP contribution in [0.1, 0.15) is 27.8 Å². The normalized spacial score (nSPS) is 13.1. The summed E-state index contributed by atoms with van der Waals surface area (Å²) in [5, 5.41) is 1.12. The summed E-state index contributed by atoms with van der Waals surface area (Å²) in [7, 11) is 0. The van der Waals surface area contributed by atoms with Crippen LogP contribution < -0.4 is 14.2 Å². The molecule has 0 saturated carbocycles. The van der Waals surface area contributed by atoms with Gasteiger partial charge in [0.05, 0.1) is 17.8 Å². The average molecular weight is 808 g/mol. The van der Waals surface area contributed by atoms with Crippen molar-refractivity contribution in [3.63, 3.8) is 0 Å². The topological polar surface area (TPSA) is 64.1 Å². The van der Waals surface area contributed by atoms with Gasteiger partial charge in [-0.2, -0.15) is 0 Å². The van der Waals surface area contributed by atoms with Crippen molar-refractivity contribution < 1.29 is 23.4 Å². The van der Waals surface area contributed by atoms with Crippen molar-refractivity contribution in [3.8, 4) is 23.1 Å². The van der Waals surface area contributed by atoms with Crippen LogP contribution in [0.25, 0.3) is 6.08 Å². The Labute approximate surface area is 324 Å². The highest BCUT2D eigenvalue weighted by atomic mass is 79.9. The largest absolute Gasteiger partial charge is 0.493 e. The fraction of sp³-hybridized carbons (Fsp3) is 0.220. The van der Waals surface area contributed by atoms with Crippen molar-refractivity contribution in [3.05, 3.63) is 153 Å². The van der Waals surface area contributed by atoms with Crippen molar-refractivity contribution in [2.24, 2.45) is 0 Å². The lowest BCUT2D eigenvalue weighted by Crippen LogP contribution is -2.47. The minimum atomic E-state index is -0.274. The Morgan fingerprint density at radius 2 is 1.56 bits per heavy atom. The van der Waals surface area contributed by atoms with Gasteiger partial charge >= 0.3 is 0 Å². The number of pyridine rings is 1. The van der Waals surface area contributed by atoms with E-state index in [1.54, 1.807) is 48.7 Å². The van der Waals surface area contributed by atoms with Crippen LogP contribution in [-0.4, -0.2) is 53.5 Å². The highest BCUT2D eigenvalue weighted by Crippen LogP contribution is 2.31. The Bertz CT molecular complexity index is 1950. The first-order valence-corrected chi connectivity index (χ1v) is 17.5. The zero-order chi connectivity index (χ0) is 35.6. The van der Waals surface area contributed by atoms with Crippen LogP contribution in [0, 0.1) is 12.7 Å². The molecule has 0 aliphatic carbocycles. The van der Waals surface area contributed by atoms with Crippen molar-refractivity contribution in [1.29, 1.82) is 0 Å². The molecule has 7 nitrogen and oxygen atoms in total. The van der Waals surface area contributed by atoms with Crippen molar-refractivity contribution in [1.82, 2.24) is 14.8 Å². The molecule has 0 unspecified atom stereocenters. The minimum absolute atomic E-state index is 0. The number of aryl methyl sites for hydroxylation is 1. The summed E-state index contributed by atoms with van der Waals surface area (Å²) in [5.74, 6) is 1.91. The van der Waals surface area contributed by atoms with Gasteiger partial charge in [0.25, 0.3) is 0 Å². The van der Waals surface area contributed by atoms with Gasteiger partial charge in [0.2, 0.25) is 11.8 Å². The summed E-state index contributed by atoms with van der Waals surface area (Å²) in [6, 6.07) is 29.3. The van der Waals surface area contributed by atoms with Crippen molar-refractivity contribution >= 4 is 52.2 Å². The summed E-state index contributed by atoms with van der Waals surface area (Å²) in [6.45, 7) is 6.49. The standard InChI is InChI=1S/C41H38Cl2FN3O4.BrH/c1-29-24-32(38(43)25-39(29)51-40-16-15-36(26-45-40)50-28-33-4-2-3-5-37(33)42)10-17-41(48)47-21-19-46(20-22-47)27-31-8-6-30(7-9-31)18-23-49-35-13-11-34(44)12-14-35;/h2-17,24-26H,18-23,27-28H2,1H3;1H/b17-10+;. The van der Waals surface area contributed by atoms with Gasteiger partial charge in [-0.05, 0) is 77.7 Å². The van der Waals surface area contributed by atoms with Gasteiger partial charge in [-0.3, -0.25) is 9.69 Å². The minimum Gasteiger partial charge on any atom is -0.493 e. The van der Waals surface area contributed by atoms with E-state index in [0.717, 1.165) is 42.7 Å². The molecule has 0 spiro atoms. The Balaban J connectivity index is 0.00000523. The molecule has 0 radical (unpaired) electrons. The predicted octanol–water partition coefficient (Wildman–Crippen LogP) is 9.76. The fourth-order valence-electron chi connectivity index (χ4n) is 5.60. The second kappa shape index (κ2) is 18.9. The van der Waals surface area contributed by atoms with Crippen molar-refractivity contribution in [2.75, 3.05) is 32.8 Å². The molecule has 4 aromatic carbocycles. The Morgan fingerprint density at radius 3 is 2.27 bits per heavy atom. The smallest absolute Gasteiger partial charge is 0.246 e. The summed E-state index contributed by atoms with van der Waals surface area (Å²) in [6.07, 6.45) is 5.70. The number of benzene rings is 4. The number of ether oxygens (including phenoxy) is 3. The molecule has 1 aliphatic rings. The lowest BCUT2D eigenvalue weighted by atomic mass is 10.1.